The summed E-state index contributed by atoms with van der Waals surface area (Å²) in [6.45, 7) is -1.30. The first kappa shape index (κ1) is 30.3. The number of fused-ring (bicyclic) bond motifs is 1. The molecule has 4 rings (SSSR count). The van der Waals surface area contributed by atoms with Gasteiger partial charge in [0.2, 0.25) is 0 Å². The minimum absolute atomic E-state index is 0.0595. The fourth-order valence-corrected chi connectivity index (χ4v) is 7.45. The fourth-order valence-electron chi connectivity index (χ4n) is 4.17. The number of aromatic nitrogens is 4. The van der Waals surface area contributed by atoms with E-state index >= 15 is 0 Å². The van der Waals surface area contributed by atoms with Gasteiger partial charge in [0, 0.05) is 6.61 Å². The molecule has 0 spiro atoms. The third-order valence-corrected chi connectivity index (χ3v) is 10.1. The Morgan fingerprint density at radius 3 is 2.31 bits per heavy atom. The zero-order valence-electron chi connectivity index (χ0n) is 20.0. The van der Waals surface area contributed by atoms with Crippen molar-refractivity contribution in [3.8, 4) is 0 Å². The van der Waals surface area contributed by atoms with Gasteiger partial charge in [-0.3, -0.25) is 18.2 Å². The van der Waals surface area contributed by atoms with Crippen molar-refractivity contribution >= 4 is 32.2 Å². The summed E-state index contributed by atoms with van der Waals surface area (Å²) < 4.78 is 46.7. The summed E-state index contributed by atoms with van der Waals surface area (Å²) >= 11 is 0. The number of imidazole rings is 1. The summed E-state index contributed by atoms with van der Waals surface area (Å²) in [6.07, 6.45) is -12.4. The molecule has 220 valence electrons. The quantitative estimate of drug-likeness (QED) is 0.120. The molecule has 0 aromatic carbocycles. The van der Waals surface area contributed by atoms with Gasteiger partial charge < -0.3 is 60.2 Å². The molecule has 0 amide bonds. The zero-order valence-corrected chi connectivity index (χ0v) is 21.8. The van der Waals surface area contributed by atoms with E-state index in [0.717, 1.165) is 6.33 Å². The molecular weight excluding hydrogens is 572 g/mol. The minimum Gasteiger partial charge on any atom is -0.396 e. The first-order valence-corrected chi connectivity index (χ1v) is 15.0. The van der Waals surface area contributed by atoms with E-state index in [1.165, 1.54) is 10.9 Å². The number of nitrogens with zero attached hydrogens (tertiary/aromatic N) is 4. The lowest BCUT2D eigenvalue weighted by molar-refractivity contribution is -0.275. The molecular formula is C18H29N5O14P2. The van der Waals surface area contributed by atoms with Crippen molar-refractivity contribution in [1.82, 2.24) is 19.5 Å². The Kier molecular flexibility index (Phi) is 9.07. The zero-order chi connectivity index (χ0) is 28.7. The summed E-state index contributed by atoms with van der Waals surface area (Å²) in [4.78, 5) is 32.1. The standard InChI is InChI=1S/C18H29N5O14P2/c19-15-9-16(21-4-20-15)23(5-22-9)17-13(28)11(26)8(35-17)3-34-38(30,31)6-39(32,33)37-18-14(29)12(27)10(25)7(36-18)1-2-24/h4-5,7-8,10-14,17-18,24-29H,1-3,6H2,(H,30,31)(H,32,33)(H2,19,20,21)/t7-,8-,10-,11-,12+,13-,14+,17-,18+/m1/s1. The first-order chi connectivity index (χ1) is 18.2. The molecule has 4 heterocycles. The monoisotopic (exact) mass is 601 g/mol. The molecule has 2 aliphatic heterocycles. The van der Waals surface area contributed by atoms with Crippen LogP contribution in [0.5, 0.6) is 0 Å². The predicted molar refractivity (Wildman–Crippen MR) is 126 cm³/mol. The van der Waals surface area contributed by atoms with Gasteiger partial charge in [0.15, 0.2) is 29.9 Å². The second-order valence-corrected chi connectivity index (χ2v) is 13.1. The SMILES string of the molecule is Nc1ncnc2c1ncn2[C@@H]1O[C@H](COP(=O)(O)CP(=O)(O)O[C@@H]2O[C@H](CCO)[C@@H](O)[C@H](O)[C@@H]2O)[C@@H](O)[C@H]1O. The summed E-state index contributed by atoms with van der Waals surface area (Å²) in [5, 5.41) is 59.8. The molecule has 2 aliphatic rings. The topological polar surface area (TPSA) is 303 Å². The van der Waals surface area contributed by atoms with Gasteiger partial charge in [-0.15, -0.1) is 0 Å². The first-order valence-electron chi connectivity index (χ1n) is 11.5. The maximum absolute atomic E-state index is 12.6. The molecule has 2 aromatic rings. The van der Waals surface area contributed by atoms with E-state index in [1.807, 2.05) is 0 Å². The Labute approximate surface area is 219 Å². The van der Waals surface area contributed by atoms with E-state index in [1.54, 1.807) is 0 Å². The smallest absolute Gasteiger partial charge is 0.342 e. The average Bonchev–Trinajstić information content (AvgIpc) is 3.40. The molecule has 21 heteroatoms. The van der Waals surface area contributed by atoms with E-state index in [9.17, 15) is 44.4 Å². The van der Waals surface area contributed by atoms with Gasteiger partial charge in [0.05, 0.1) is 19.0 Å². The molecule has 2 unspecified atom stereocenters. The number of rotatable bonds is 10. The van der Waals surface area contributed by atoms with Gasteiger partial charge in [0.25, 0.3) is 0 Å². The van der Waals surface area contributed by atoms with Gasteiger partial charge >= 0.3 is 15.2 Å². The van der Waals surface area contributed by atoms with Crippen LogP contribution in [0.4, 0.5) is 5.82 Å². The number of nitrogens with two attached hydrogens (primary N) is 1. The van der Waals surface area contributed by atoms with E-state index in [-0.39, 0.29) is 23.4 Å². The molecule has 11 atom stereocenters. The lowest BCUT2D eigenvalue weighted by Crippen LogP contribution is -2.58. The highest BCUT2D eigenvalue weighted by Gasteiger charge is 2.49. The number of ether oxygens (including phenoxy) is 2. The maximum atomic E-state index is 12.6. The van der Waals surface area contributed by atoms with Crippen molar-refractivity contribution in [3.05, 3.63) is 12.7 Å². The molecule has 2 saturated heterocycles. The van der Waals surface area contributed by atoms with E-state index in [4.69, 9.17) is 29.4 Å². The van der Waals surface area contributed by atoms with Gasteiger partial charge in [-0.2, -0.15) is 0 Å². The van der Waals surface area contributed by atoms with Crippen LogP contribution in [0.2, 0.25) is 0 Å². The lowest BCUT2D eigenvalue weighted by atomic mass is 9.97. The third-order valence-electron chi connectivity index (χ3n) is 6.15. The number of nitrogen functional groups attached to an aromatic ring is 1. The molecule has 39 heavy (non-hydrogen) atoms. The largest absolute Gasteiger partial charge is 0.396 e. The number of hydrogen-bond donors (Lipinski definition) is 9. The number of aliphatic hydroxyl groups is 6. The highest BCUT2D eigenvalue weighted by molar-refractivity contribution is 7.70. The van der Waals surface area contributed by atoms with Crippen molar-refractivity contribution in [2.24, 2.45) is 0 Å². The van der Waals surface area contributed by atoms with Gasteiger partial charge in [-0.05, 0) is 6.42 Å². The van der Waals surface area contributed by atoms with Crippen LogP contribution < -0.4 is 5.73 Å². The third kappa shape index (κ3) is 6.47. The molecule has 0 aliphatic carbocycles. The average molecular weight is 601 g/mol. The number of aliphatic hydroxyl groups excluding tert-OH is 6. The van der Waals surface area contributed by atoms with Crippen LogP contribution in [0, 0.1) is 0 Å². The summed E-state index contributed by atoms with van der Waals surface area (Å²) in [5.41, 5.74) is 6.12. The number of anilines is 1. The Hall–Kier alpha value is -1.67. The Bertz CT molecular complexity index is 1250. The highest BCUT2D eigenvalue weighted by atomic mass is 31.2. The molecule has 0 bridgehead atoms. The molecule has 0 saturated carbocycles. The summed E-state index contributed by atoms with van der Waals surface area (Å²) in [7, 11) is -9.99. The Morgan fingerprint density at radius 2 is 1.62 bits per heavy atom. The molecule has 0 radical (unpaired) electrons. The van der Waals surface area contributed by atoms with Crippen molar-refractivity contribution in [1.29, 1.82) is 0 Å². The van der Waals surface area contributed by atoms with Crippen LogP contribution in [0.1, 0.15) is 12.6 Å². The van der Waals surface area contributed by atoms with E-state index < -0.39 is 89.6 Å². The molecule has 2 aromatic heterocycles. The maximum Gasteiger partial charge on any atom is 0.342 e. The second kappa shape index (κ2) is 11.7. The number of hydrogen-bond acceptors (Lipinski definition) is 16. The minimum atomic E-state index is -5.05. The van der Waals surface area contributed by atoms with Crippen LogP contribution in [0.25, 0.3) is 11.2 Å². The van der Waals surface area contributed by atoms with Crippen molar-refractivity contribution in [3.63, 3.8) is 0 Å². The molecule has 10 N–H and O–H groups in total. The fraction of sp³-hybridized carbons (Fsp3) is 0.722. The van der Waals surface area contributed by atoms with Crippen LogP contribution >= 0.6 is 15.2 Å². The summed E-state index contributed by atoms with van der Waals surface area (Å²) in [5.74, 6) is -1.43. The van der Waals surface area contributed by atoms with Crippen LogP contribution in [0.3, 0.4) is 0 Å². The van der Waals surface area contributed by atoms with Gasteiger partial charge in [0.1, 0.15) is 48.5 Å². The predicted octanol–water partition coefficient (Wildman–Crippen LogP) is -3.42. The molecule has 19 nitrogen and oxygen atoms in total. The Balaban J connectivity index is 1.37. The summed E-state index contributed by atoms with van der Waals surface area (Å²) in [6, 6.07) is 0. The van der Waals surface area contributed by atoms with Crippen molar-refractivity contribution in [2.45, 2.75) is 61.7 Å². The Morgan fingerprint density at radius 1 is 0.923 bits per heavy atom. The van der Waals surface area contributed by atoms with Crippen molar-refractivity contribution in [2.75, 3.05) is 24.9 Å². The van der Waals surface area contributed by atoms with Crippen LogP contribution in [-0.2, 0) is 27.7 Å². The second-order valence-electron chi connectivity index (χ2n) is 8.97. The van der Waals surface area contributed by atoms with E-state index in [0.29, 0.717) is 0 Å². The van der Waals surface area contributed by atoms with E-state index in [2.05, 4.69) is 15.0 Å². The van der Waals surface area contributed by atoms with Crippen molar-refractivity contribution < 1.29 is 68.1 Å². The molecule has 2 fully saturated rings. The highest BCUT2D eigenvalue weighted by Crippen LogP contribution is 2.59. The van der Waals surface area contributed by atoms with Gasteiger partial charge in [-0.25, -0.2) is 15.0 Å². The normalized spacial score (nSPS) is 36.6. The van der Waals surface area contributed by atoms with Gasteiger partial charge in [-0.1, -0.05) is 0 Å². The van der Waals surface area contributed by atoms with Crippen LogP contribution in [0.15, 0.2) is 12.7 Å². The lowest BCUT2D eigenvalue weighted by Gasteiger charge is -2.40. The van der Waals surface area contributed by atoms with Crippen LogP contribution in [-0.4, -0.2) is 128 Å².